The number of carbonyl (C=O) groups is 1. The van der Waals surface area contributed by atoms with Gasteiger partial charge in [0.25, 0.3) is 0 Å². The summed E-state index contributed by atoms with van der Waals surface area (Å²) in [6.45, 7) is 0. The SMILES string of the molecule is O=Cc1nccc2sncc12. The Hall–Kier alpha value is -1.29. The van der Waals surface area contributed by atoms with E-state index < -0.39 is 0 Å². The van der Waals surface area contributed by atoms with E-state index in [-0.39, 0.29) is 0 Å². The van der Waals surface area contributed by atoms with E-state index in [1.807, 2.05) is 6.07 Å². The Bertz CT molecular complexity index is 396. The van der Waals surface area contributed by atoms with Crippen LogP contribution in [0.15, 0.2) is 18.5 Å². The van der Waals surface area contributed by atoms with Crippen molar-refractivity contribution in [2.24, 2.45) is 0 Å². The van der Waals surface area contributed by atoms with E-state index in [9.17, 15) is 4.79 Å². The second kappa shape index (κ2) is 2.39. The van der Waals surface area contributed by atoms with Gasteiger partial charge in [-0.05, 0) is 17.6 Å². The summed E-state index contributed by atoms with van der Waals surface area (Å²) in [4.78, 5) is 14.3. The van der Waals surface area contributed by atoms with Gasteiger partial charge in [0.15, 0.2) is 6.29 Å². The first-order chi connectivity index (χ1) is 5.42. The van der Waals surface area contributed by atoms with Crippen LogP contribution in [0, 0.1) is 0 Å². The topological polar surface area (TPSA) is 42.9 Å². The largest absolute Gasteiger partial charge is 0.296 e. The van der Waals surface area contributed by atoms with Gasteiger partial charge in [0.1, 0.15) is 5.69 Å². The maximum Gasteiger partial charge on any atom is 0.169 e. The van der Waals surface area contributed by atoms with Crippen molar-refractivity contribution < 1.29 is 4.79 Å². The first kappa shape index (κ1) is 6.42. The number of pyridine rings is 1. The van der Waals surface area contributed by atoms with Crippen molar-refractivity contribution in [3.8, 4) is 0 Å². The van der Waals surface area contributed by atoms with Crippen LogP contribution in [0.2, 0.25) is 0 Å². The predicted octanol–water partition coefficient (Wildman–Crippen LogP) is 1.50. The number of nitrogens with zero attached hydrogens (tertiary/aromatic N) is 2. The lowest BCUT2D eigenvalue weighted by Crippen LogP contribution is -1.84. The third kappa shape index (κ3) is 0.914. The fourth-order valence-electron chi connectivity index (χ4n) is 0.910. The molecule has 0 amide bonds. The van der Waals surface area contributed by atoms with E-state index in [1.165, 1.54) is 11.5 Å². The minimum absolute atomic E-state index is 0.469. The molecule has 2 rings (SSSR count). The standard InChI is InChI=1S/C7H4N2OS/c10-4-6-5-3-9-11-7(5)1-2-8-6/h1-4H. The van der Waals surface area contributed by atoms with Crippen LogP contribution in [-0.2, 0) is 0 Å². The second-order valence-corrected chi connectivity index (χ2v) is 2.88. The van der Waals surface area contributed by atoms with Crippen molar-refractivity contribution in [3.05, 3.63) is 24.2 Å². The van der Waals surface area contributed by atoms with Gasteiger partial charge in [-0.3, -0.25) is 9.78 Å². The van der Waals surface area contributed by atoms with Crippen LogP contribution in [0.1, 0.15) is 10.5 Å². The molecule has 0 fully saturated rings. The van der Waals surface area contributed by atoms with Gasteiger partial charge in [0.2, 0.25) is 0 Å². The van der Waals surface area contributed by atoms with E-state index in [0.717, 1.165) is 16.4 Å². The molecule has 0 aliphatic rings. The molecule has 0 saturated carbocycles. The molecule has 11 heavy (non-hydrogen) atoms. The summed E-state index contributed by atoms with van der Waals surface area (Å²) in [7, 11) is 0. The third-order valence-electron chi connectivity index (χ3n) is 1.43. The van der Waals surface area contributed by atoms with E-state index in [0.29, 0.717) is 5.69 Å². The molecule has 0 spiro atoms. The highest BCUT2D eigenvalue weighted by Gasteiger charge is 2.01. The highest BCUT2D eigenvalue weighted by molar-refractivity contribution is 7.13. The average Bonchev–Trinajstić information content (AvgIpc) is 2.50. The van der Waals surface area contributed by atoms with Crippen molar-refractivity contribution in [3.63, 3.8) is 0 Å². The zero-order valence-electron chi connectivity index (χ0n) is 5.52. The summed E-state index contributed by atoms with van der Waals surface area (Å²) in [6, 6.07) is 1.85. The summed E-state index contributed by atoms with van der Waals surface area (Å²) in [5, 5.41) is 0.840. The van der Waals surface area contributed by atoms with Gasteiger partial charge in [0.05, 0.1) is 10.9 Å². The van der Waals surface area contributed by atoms with Crippen LogP contribution in [-0.4, -0.2) is 15.6 Å². The molecule has 2 aromatic heterocycles. The molecule has 0 aliphatic heterocycles. The molecule has 0 atom stereocenters. The molecule has 2 heterocycles. The Balaban J connectivity index is 2.88. The first-order valence-corrected chi connectivity index (χ1v) is 3.84. The van der Waals surface area contributed by atoms with Gasteiger partial charge >= 0.3 is 0 Å². The van der Waals surface area contributed by atoms with Crippen LogP contribution in [0.25, 0.3) is 10.1 Å². The number of aldehydes is 1. The van der Waals surface area contributed by atoms with E-state index in [1.54, 1.807) is 12.4 Å². The van der Waals surface area contributed by atoms with Crippen molar-refractivity contribution >= 4 is 27.9 Å². The van der Waals surface area contributed by atoms with Crippen molar-refractivity contribution in [2.75, 3.05) is 0 Å². The molecule has 0 unspecified atom stereocenters. The molecule has 2 aromatic rings. The fraction of sp³-hybridized carbons (Fsp3) is 0. The molecule has 0 saturated heterocycles. The third-order valence-corrected chi connectivity index (χ3v) is 2.19. The molecule has 54 valence electrons. The zero-order chi connectivity index (χ0) is 7.68. The van der Waals surface area contributed by atoms with Crippen molar-refractivity contribution in [1.29, 1.82) is 0 Å². The average molecular weight is 164 g/mol. The summed E-state index contributed by atoms with van der Waals surface area (Å²) in [6.07, 6.45) is 4.03. The molecule has 0 bridgehead atoms. The Labute approximate surface area is 66.9 Å². The normalized spacial score (nSPS) is 10.2. The smallest absolute Gasteiger partial charge is 0.169 e. The Morgan fingerprint density at radius 2 is 2.45 bits per heavy atom. The van der Waals surface area contributed by atoms with E-state index >= 15 is 0 Å². The lowest BCUT2D eigenvalue weighted by atomic mass is 10.3. The maximum absolute atomic E-state index is 10.4. The Morgan fingerprint density at radius 1 is 1.55 bits per heavy atom. The van der Waals surface area contributed by atoms with Gasteiger partial charge < -0.3 is 0 Å². The molecule has 0 radical (unpaired) electrons. The van der Waals surface area contributed by atoms with Crippen LogP contribution >= 0.6 is 11.5 Å². The second-order valence-electron chi connectivity index (χ2n) is 2.05. The number of hydrogen-bond donors (Lipinski definition) is 0. The van der Waals surface area contributed by atoms with Gasteiger partial charge in [-0.1, -0.05) is 0 Å². The zero-order valence-corrected chi connectivity index (χ0v) is 6.34. The number of rotatable bonds is 1. The summed E-state index contributed by atoms with van der Waals surface area (Å²) < 4.78 is 4.95. The van der Waals surface area contributed by atoms with Gasteiger partial charge in [-0.25, -0.2) is 0 Å². The molecule has 0 aliphatic carbocycles. The summed E-state index contributed by atoms with van der Waals surface area (Å²) in [5.74, 6) is 0. The van der Waals surface area contributed by atoms with Crippen LogP contribution < -0.4 is 0 Å². The molecular formula is C7H4N2OS. The maximum atomic E-state index is 10.4. The van der Waals surface area contributed by atoms with Crippen LogP contribution in [0.4, 0.5) is 0 Å². The number of carbonyl (C=O) groups excluding carboxylic acids is 1. The predicted molar refractivity (Wildman–Crippen MR) is 42.8 cm³/mol. The quantitative estimate of drug-likeness (QED) is 0.600. The fourth-order valence-corrected chi connectivity index (χ4v) is 1.56. The van der Waals surface area contributed by atoms with Crippen LogP contribution in [0.3, 0.4) is 0 Å². The molecule has 0 N–H and O–H groups in total. The van der Waals surface area contributed by atoms with Gasteiger partial charge in [0, 0.05) is 11.6 Å². The monoisotopic (exact) mass is 164 g/mol. The number of aromatic nitrogens is 2. The molecule has 4 heteroatoms. The van der Waals surface area contributed by atoms with Gasteiger partial charge in [-0.15, -0.1) is 0 Å². The van der Waals surface area contributed by atoms with Crippen LogP contribution in [0.5, 0.6) is 0 Å². The highest BCUT2D eigenvalue weighted by Crippen LogP contribution is 2.18. The Morgan fingerprint density at radius 3 is 3.27 bits per heavy atom. The summed E-state index contributed by atoms with van der Waals surface area (Å²) in [5.41, 5.74) is 0.469. The Kier molecular flexibility index (Phi) is 1.40. The minimum Gasteiger partial charge on any atom is -0.296 e. The number of fused-ring (bicyclic) bond motifs is 1. The van der Waals surface area contributed by atoms with Crippen molar-refractivity contribution in [2.45, 2.75) is 0 Å². The summed E-state index contributed by atoms with van der Waals surface area (Å²) >= 11 is 1.37. The lowest BCUT2D eigenvalue weighted by molar-refractivity contribution is 0.112. The van der Waals surface area contributed by atoms with Crippen molar-refractivity contribution in [1.82, 2.24) is 9.36 Å². The molecule has 3 nitrogen and oxygen atoms in total. The first-order valence-electron chi connectivity index (χ1n) is 3.06. The van der Waals surface area contributed by atoms with Gasteiger partial charge in [-0.2, -0.15) is 4.37 Å². The highest BCUT2D eigenvalue weighted by atomic mass is 32.1. The lowest BCUT2D eigenvalue weighted by Gasteiger charge is -1.88. The van der Waals surface area contributed by atoms with E-state index in [4.69, 9.17) is 0 Å². The molecular weight excluding hydrogens is 160 g/mol. The minimum atomic E-state index is 0.469. The number of hydrogen-bond acceptors (Lipinski definition) is 4. The molecule has 0 aromatic carbocycles. The van der Waals surface area contributed by atoms with E-state index in [2.05, 4.69) is 9.36 Å².